The molecule has 0 atom stereocenters. The van der Waals surface area contributed by atoms with Crippen molar-refractivity contribution in [2.24, 2.45) is 4.99 Å². The summed E-state index contributed by atoms with van der Waals surface area (Å²) in [5.74, 6) is -2.85. The lowest BCUT2D eigenvalue weighted by molar-refractivity contribution is -0.182. The van der Waals surface area contributed by atoms with Crippen molar-refractivity contribution < 1.29 is 33.2 Å². The van der Waals surface area contributed by atoms with E-state index in [4.69, 9.17) is 26.0 Å². The second-order valence-corrected chi connectivity index (χ2v) is 7.29. The number of methoxy groups -OCH3 is 1. The highest BCUT2D eigenvalue weighted by Crippen LogP contribution is 2.27. The minimum Gasteiger partial charge on any atom is -0.497 e. The number of rotatable bonds is 5. The Morgan fingerprint density at radius 1 is 1.12 bits per heavy atom. The first-order valence-electron chi connectivity index (χ1n) is 9.59. The van der Waals surface area contributed by atoms with E-state index in [2.05, 4.69) is 4.99 Å². The van der Waals surface area contributed by atoms with E-state index < -0.39 is 23.8 Å². The van der Waals surface area contributed by atoms with Gasteiger partial charge in [-0.1, -0.05) is 17.7 Å². The first-order valence-corrected chi connectivity index (χ1v) is 9.96. The molecule has 2 aliphatic heterocycles. The van der Waals surface area contributed by atoms with E-state index in [-0.39, 0.29) is 23.7 Å². The van der Waals surface area contributed by atoms with Crippen LogP contribution in [0.15, 0.2) is 41.4 Å². The first-order chi connectivity index (χ1) is 15.4. The molecule has 0 saturated carbocycles. The molecule has 0 aliphatic carbocycles. The highest BCUT2D eigenvalue weighted by Gasteiger charge is 2.38. The molecule has 2 aromatic rings. The van der Waals surface area contributed by atoms with Gasteiger partial charge in [-0.15, -0.1) is 10.1 Å². The SMILES string of the molecule is COc1ccc2c(c1)C(CCN1OC(=O)C(=O)ON(c3ccc(F)c(Cl)c3)C1=O)=NCC2. The summed E-state index contributed by atoms with van der Waals surface area (Å²) in [5, 5.41) is 0.927. The number of anilines is 1. The third kappa shape index (κ3) is 4.22. The van der Waals surface area contributed by atoms with E-state index in [9.17, 15) is 18.8 Å². The van der Waals surface area contributed by atoms with Gasteiger partial charge in [0.1, 0.15) is 11.6 Å². The summed E-state index contributed by atoms with van der Waals surface area (Å²) in [6.07, 6.45) is 0.993. The molecule has 0 spiro atoms. The Morgan fingerprint density at radius 3 is 2.66 bits per heavy atom. The van der Waals surface area contributed by atoms with Gasteiger partial charge in [-0.25, -0.2) is 18.8 Å². The zero-order valence-electron chi connectivity index (χ0n) is 16.8. The van der Waals surface area contributed by atoms with E-state index >= 15 is 0 Å². The Labute approximate surface area is 186 Å². The molecular weight excluding hydrogens is 445 g/mol. The summed E-state index contributed by atoms with van der Waals surface area (Å²) in [7, 11) is 1.56. The van der Waals surface area contributed by atoms with E-state index in [1.54, 1.807) is 7.11 Å². The number of aliphatic imine (C=N–C) groups is 1. The number of hydrogen-bond acceptors (Lipinski definition) is 7. The third-order valence-corrected chi connectivity index (χ3v) is 5.21. The van der Waals surface area contributed by atoms with Gasteiger partial charge in [-0.3, -0.25) is 4.99 Å². The fraction of sp³-hybridized carbons (Fsp3) is 0.238. The Kier molecular flexibility index (Phi) is 5.95. The van der Waals surface area contributed by atoms with Crippen molar-refractivity contribution in [3.63, 3.8) is 0 Å². The number of urea groups is 1. The van der Waals surface area contributed by atoms with Crippen molar-refractivity contribution in [3.8, 4) is 5.75 Å². The van der Waals surface area contributed by atoms with Crippen LogP contribution >= 0.6 is 11.6 Å². The van der Waals surface area contributed by atoms with E-state index in [0.717, 1.165) is 29.7 Å². The minimum atomic E-state index is -1.41. The molecule has 2 heterocycles. The lowest BCUT2D eigenvalue weighted by Crippen LogP contribution is -2.42. The maximum atomic E-state index is 13.5. The maximum Gasteiger partial charge on any atom is 0.444 e. The summed E-state index contributed by atoms with van der Waals surface area (Å²) in [5.41, 5.74) is 2.60. The number of carbonyl (C=O) groups excluding carboxylic acids is 3. The second-order valence-electron chi connectivity index (χ2n) is 6.89. The van der Waals surface area contributed by atoms with Gasteiger partial charge < -0.3 is 14.4 Å². The molecule has 2 amide bonds. The largest absolute Gasteiger partial charge is 0.497 e. The Bertz CT molecular complexity index is 1140. The standard InChI is InChI=1S/C21H17ClFN3O6/c1-30-14-4-2-12-6-8-24-18(15(12)11-14)7-9-25-21(29)26(32-20(28)19(27)31-25)13-3-5-17(23)16(22)10-13/h2-5,10-11H,6-9H2,1H3. The van der Waals surface area contributed by atoms with Crippen molar-refractivity contribution in [1.29, 1.82) is 0 Å². The van der Waals surface area contributed by atoms with Crippen molar-refractivity contribution in [1.82, 2.24) is 5.06 Å². The fourth-order valence-electron chi connectivity index (χ4n) is 3.34. The van der Waals surface area contributed by atoms with E-state index in [1.807, 2.05) is 18.2 Å². The normalized spacial score (nSPS) is 16.1. The summed E-state index contributed by atoms with van der Waals surface area (Å²) >= 11 is 5.77. The number of ether oxygens (including phenoxy) is 1. The third-order valence-electron chi connectivity index (χ3n) is 4.92. The zero-order chi connectivity index (χ0) is 22.8. The van der Waals surface area contributed by atoms with Gasteiger partial charge in [0.15, 0.2) is 0 Å². The van der Waals surface area contributed by atoms with Crippen LogP contribution in [0.25, 0.3) is 0 Å². The lowest BCUT2D eigenvalue weighted by atomic mass is 9.95. The summed E-state index contributed by atoms with van der Waals surface area (Å²) < 4.78 is 18.8. The molecule has 0 N–H and O–H groups in total. The first kappa shape index (κ1) is 21.6. The van der Waals surface area contributed by atoms with Gasteiger partial charge in [0.25, 0.3) is 0 Å². The Morgan fingerprint density at radius 2 is 1.91 bits per heavy atom. The monoisotopic (exact) mass is 461 g/mol. The molecule has 11 heteroatoms. The molecule has 166 valence electrons. The molecule has 0 aromatic heterocycles. The molecular formula is C21H17ClFN3O6. The Hall–Kier alpha value is -3.66. The molecule has 0 radical (unpaired) electrons. The van der Waals surface area contributed by atoms with Crippen molar-refractivity contribution >= 4 is 41.0 Å². The quantitative estimate of drug-likeness (QED) is 0.635. The van der Waals surface area contributed by atoms with Crippen LogP contribution in [0, 0.1) is 5.82 Å². The van der Waals surface area contributed by atoms with Crippen LogP contribution in [0.5, 0.6) is 5.75 Å². The minimum absolute atomic E-state index is 0.0526. The maximum absolute atomic E-state index is 13.5. The second kappa shape index (κ2) is 8.83. The van der Waals surface area contributed by atoms with Gasteiger partial charge in [0, 0.05) is 24.2 Å². The molecule has 1 fully saturated rings. The van der Waals surface area contributed by atoms with Crippen LogP contribution in [0.1, 0.15) is 17.5 Å². The van der Waals surface area contributed by atoms with Crippen LogP contribution in [-0.4, -0.2) is 48.9 Å². The molecule has 1 saturated heterocycles. The topological polar surface area (TPSA) is 97.7 Å². The predicted molar refractivity (Wildman–Crippen MR) is 111 cm³/mol. The molecule has 9 nitrogen and oxygen atoms in total. The van der Waals surface area contributed by atoms with Gasteiger partial charge in [0.05, 0.1) is 24.4 Å². The molecule has 0 unspecified atom stereocenters. The van der Waals surface area contributed by atoms with Crippen LogP contribution in [0.4, 0.5) is 14.9 Å². The molecule has 2 aliphatic rings. The van der Waals surface area contributed by atoms with Crippen LogP contribution in [0.2, 0.25) is 5.02 Å². The lowest BCUT2D eigenvalue weighted by Gasteiger charge is -2.24. The molecule has 4 rings (SSSR count). The number of halogens is 2. The molecule has 2 aromatic carbocycles. The molecule has 0 bridgehead atoms. The zero-order valence-corrected chi connectivity index (χ0v) is 17.6. The average molecular weight is 462 g/mol. The highest BCUT2D eigenvalue weighted by molar-refractivity contribution is 6.31. The van der Waals surface area contributed by atoms with Crippen LogP contribution < -0.4 is 9.80 Å². The molecule has 32 heavy (non-hydrogen) atoms. The number of hydroxylamine groups is 3. The van der Waals surface area contributed by atoms with E-state index in [0.29, 0.717) is 28.1 Å². The number of hydrogen-bond donors (Lipinski definition) is 0. The number of amides is 2. The van der Waals surface area contributed by atoms with Crippen molar-refractivity contribution in [2.45, 2.75) is 12.8 Å². The summed E-state index contributed by atoms with van der Waals surface area (Å²) in [6.45, 7) is 0.465. The van der Waals surface area contributed by atoms with Crippen LogP contribution in [-0.2, 0) is 25.7 Å². The summed E-state index contributed by atoms with van der Waals surface area (Å²) in [4.78, 5) is 51.1. The van der Waals surface area contributed by atoms with Gasteiger partial charge in [-0.05, 0) is 42.3 Å². The summed E-state index contributed by atoms with van der Waals surface area (Å²) in [6, 6.07) is 7.95. The average Bonchev–Trinajstić information content (AvgIpc) is 2.90. The van der Waals surface area contributed by atoms with Crippen molar-refractivity contribution in [3.05, 3.63) is 58.4 Å². The van der Waals surface area contributed by atoms with Gasteiger partial charge >= 0.3 is 18.0 Å². The smallest absolute Gasteiger partial charge is 0.444 e. The van der Waals surface area contributed by atoms with Gasteiger partial charge in [0.2, 0.25) is 0 Å². The highest BCUT2D eigenvalue weighted by atomic mass is 35.5. The van der Waals surface area contributed by atoms with Crippen LogP contribution in [0.3, 0.4) is 0 Å². The Balaban J connectivity index is 1.57. The number of fused-ring (bicyclic) bond motifs is 1. The fourth-order valence-corrected chi connectivity index (χ4v) is 3.51. The predicted octanol–water partition coefficient (Wildman–Crippen LogP) is 3.08. The van der Waals surface area contributed by atoms with Gasteiger partial charge in [-0.2, -0.15) is 0 Å². The van der Waals surface area contributed by atoms with Crippen molar-refractivity contribution in [2.75, 3.05) is 25.3 Å². The number of carbonyl (C=O) groups is 3. The number of benzene rings is 2. The number of nitrogens with zero attached hydrogens (tertiary/aromatic N) is 3. The van der Waals surface area contributed by atoms with E-state index in [1.165, 1.54) is 6.07 Å².